The number of hydrogen-bond acceptors (Lipinski definition) is 5. The molecule has 1 fully saturated rings. The first kappa shape index (κ1) is 23.1. The number of nitro benzene ring substituents is 1. The summed E-state index contributed by atoms with van der Waals surface area (Å²) < 4.78 is 0. The van der Waals surface area contributed by atoms with Crippen LogP contribution in [0, 0.1) is 10.1 Å². The largest absolute Gasteiger partial charge is 0.349 e. The number of carbonyl (C=O) groups excluding carboxylic acids is 2. The monoisotopic (exact) mass is 461 g/mol. The van der Waals surface area contributed by atoms with Crippen molar-refractivity contribution < 1.29 is 14.5 Å². The Labute approximate surface area is 190 Å². The van der Waals surface area contributed by atoms with E-state index in [1.807, 2.05) is 0 Å². The summed E-state index contributed by atoms with van der Waals surface area (Å²) in [6, 6.07) is 11.0. The molecule has 1 aliphatic carbocycles. The fraction of sp³-hybridized carbons (Fsp3) is 0.364. The minimum atomic E-state index is -0.465. The number of nitro groups is 1. The van der Waals surface area contributed by atoms with Gasteiger partial charge in [-0.15, -0.1) is 11.8 Å². The molecule has 2 aromatic carbocycles. The second kappa shape index (κ2) is 10.6. The maximum absolute atomic E-state index is 12.7. The van der Waals surface area contributed by atoms with Crippen LogP contribution in [0.5, 0.6) is 0 Å². The molecule has 0 saturated heterocycles. The molecule has 1 atom stereocenters. The topological polar surface area (TPSA) is 101 Å². The molecule has 0 aromatic heterocycles. The average molecular weight is 462 g/mol. The summed E-state index contributed by atoms with van der Waals surface area (Å²) in [6.45, 7) is 1.74. The molecule has 2 amide bonds. The summed E-state index contributed by atoms with van der Waals surface area (Å²) in [5.41, 5.74) is 0.821. The molecule has 0 spiro atoms. The van der Waals surface area contributed by atoms with Gasteiger partial charge in [0.15, 0.2) is 0 Å². The van der Waals surface area contributed by atoms with E-state index in [4.69, 9.17) is 11.6 Å². The summed E-state index contributed by atoms with van der Waals surface area (Å²) in [4.78, 5) is 36.3. The van der Waals surface area contributed by atoms with Gasteiger partial charge in [-0.2, -0.15) is 0 Å². The van der Waals surface area contributed by atoms with E-state index in [1.54, 1.807) is 37.3 Å². The third kappa shape index (κ3) is 6.45. The Hall–Kier alpha value is -2.58. The van der Waals surface area contributed by atoms with Crippen LogP contribution in [0.2, 0.25) is 5.02 Å². The Bertz CT molecular complexity index is 962. The second-order valence-electron chi connectivity index (χ2n) is 7.50. The van der Waals surface area contributed by atoms with Crippen molar-refractivity contribution in [3.63, 3.8) is 0 Å². The fourth-order valence-corrected chi connectivity index (χ4v) is 4.51. The van der Waals surface area contributed by atoms with Crippen LogP contribution in [-0.2, 0) is 4.79 Å². The van der Waals surface area contributed by atoms with Crippen LogP contribution in [0.15, 0.2) is 47.4 Å². The van der Waals surface area contributed by atoms with Crippen LogP contribution in [0.3, 0.4) is 0 Å². The molecule has 2 N–H and O–H groups in total. The Morgan fingerprint density at radius 1 is 1.13 bits per heavy atom. The molecule has 9 heteroatoms. The van der Waals surface area contributed by atoms with Crippen molar-refractivity contribution in [2.45, 2.75) is 55.2 Å². The lowest BCUT2D eigenvalue weighted by molar-refractivity contribution is -0.384. The van der Waals surface area contributed by atoms with E-state index in [1.165, 1.54) is 30.3 Å². The van der Waals surface area contributed by atoms with Crippen LogP contribution >= 0.6 is 23.4 Å². The number of rotatable bonds is 7. The Morgan fingerprint density at radius 3 is 2.45 bits per heavy atom. The molecular formula is C22H24ClN3O4S. The molecule has 0 aliphatic heterocycles. The van der Waals surface area contributed by atoms with E-state index in [0.29, 0.717) is 16.3 Å². The van der Waals surface area contributed by atoms with Crippen LogP contribution < -0.4 is 10.6 Å². The van der Waals surface area contributed by atoms with E-state index >= 15 is 0 Å². The fourth-order valence-electron chi connectivity index (χ4n) is 3.44. The summed E-state index contributed by atoms with van der Waals surface area (Å²) >= 11 is 7.51. The molecule has 2 aromatic rings. The predicted octanol–water partition coefficient (Wildman–Crippen LogP) is 5.43. The standard InChI is InChI=1S/C22H24ClN3O4S/c1-14(31-18-10-8-17(9-11-18)26(29)30)21(27)25-16-7-12-20(23)19(13-16)22(28)24-15-5-3-2-4-6-15/h7-15H,2-6H2,1H3,(H,24,28)(H,25,27). The zero-order valence-electron chi connectivity index (χ0n) is 17.1. The minimum Gasteiger partial charge on any atom is -0.349 e. The molecule has 1 unspecified atom stereocenters. The molecule has 3 rings (SSSR count). The predicted molar refractivity (Wildman–Crippen MR) is 123 cm³/mol. The molecular weight excluding hydrogens is 438 g/mol. The number of benzene rings is 2. The summed E-state index contributed by atoms with van der Waals surface area (Å²) in [5.74, 6) is -0.481. The molecule has 7 nitrogen and oxygen atoms in total. The number of halogens is 1. The highest BCUT2D eigenvalue weighted by Crippen LogP contribution is 2.27. The van der Waals surface area contributed by atoms with Crippen molar-refractivity contribution in [1.29, 1.82) is 0 Å². The second-order valence-corrected chi connectivity index (χ2v) is 9.32. The van der Waals surface area contributed by atoms with Crippen molar-refractivity contribution in [2.75, 3.05) is 5.32 Å². The number of nitrogens with zero attached hydrogens (tertiary/aromatic N) is 1. The SMILES string of the molecule is CC(Sc1ccc([N+](=O)[O-])cc1)C(=O)Nc1ccc(Cl)c(C(=O)NC2CCCCC2)c1. The van der Waals surface area contributed by atoms with E-state index in [9.17, 15) is 19.7 Å². The first-order chi connectivity index (χ1) is 14.8. The zero-order chi connectivity index (χ0) is 22.4. The van der Waals surface area contributed by atoms with Gasteiger partial charge in [0, 0.05) is 28.8 Å². The number of nitrogens with one attached hydrogen (secondary N) is 2. The molecule has 0 bridgehead atoms. The minimum absolute atomic E-state index is 0.00153. The van der Waals surface area contributed by atoms with Gasteiger partial charge < -0.3 is 10.6 Å². The van der Waals surface area contributed by atoms with Gasteiger partial charge in [0.05, 0.1) is 20.8 Å². The first-order valence-electron chi connectivity index (χ1n) is 10.2. The lowest BCUT2D eigenvalue weighted by Gasteiger charge is -2.23. The van der Waals surface area contributed by atoms with E-state index in [0.717, 1.165) is 30.6 Å². The number of non-ortho nitro benzene ring substituents is 1. The Kier molecular flexibility index (Phi) is 7.92. The average Bonchev–Trinajstić information content (AvgIpc) is 2.76. The van der Waals surface area contributed by atoms with Crippen molar-refractivity contribution in [3.05, 3.63) is 63.2 Å². The van der Waals surface area contributed by atoms with Crippen LogP contribution in [0.1, 0.15) is 49.4 Å². The Morgan fingerprint density at radius 2 is 1.81 bits per heavy atom. The van der Waals surface area contributed by atoms with Crippen molar-refractivity contribution >= 4 is 46.6 Å². The summed E-state index contributed by atoms with van der Waals surface area (Å²) in [6.07, 6.45) is 5.36. The maximum Gasteiger partial charge on any atom is 0.269 e. The zero-order valence-corrected chi connectivity index (χ0v) is 18.7. The smallest absolute Gasteiger partial charge is 0.269 e. The number of amides is 2. The van der Waals surface area contributed by atoms with Crippen LogP contribution in [0.25, 0.3) is 0 Å². The summed E-state index contributed by atoms with van der Waals surface area (Å²) in [5, 5.41) is 16.5. The lowest BCUT2D eigenvalue weighted by atomic mass is 9.95. The molecule has 0 heterocycles. The third-order valence-corrected chi connectivity index (χ3v) is 6.59. The van der Waals surface area contributed by atoms with Crippen molar-refractivity contribution in [1.82, 2.24) is 5.32 Å². The molecule has 0 radical (unpaired) electrons. The van der Waals surface area contributed by atoms with Gasteiger partial charge in [-0.05, 0) is 50.1 Å². The highest BCUT2D eigenvalue weighted by atomic mass is 35.5. The van der Waals surface area contributed by atoms with Crippen molar-refractivity contribution in [2.24, 2.45) is 0 Å². The maximum atomic E-state index is 12.7. The highest BCUT2D eigenvalue weighted by Gasteiger charge is 2.20. The highest BCUT2D eigenvalue weighted by molar-refractivity contribution is 8.00. The van der Waals surface area contributed by atoms with Gasteiger partial charge in [-0.25, -0.2) is 0 Å². The van der Waals surface area contributed by atoms with Crippen molar-refractivity contribution in [3.8, 4) is 0 Å². The number of hydrogen-bond donors (Lipinski definition) is 2. The van der Waals surface area contributed by atoms with Gasteiger partial charge in [-0.1, -0.05) is 30.9 Å². The Balaban J connectivity index is 1.61. The van der Waals surface area contributed by atoms with Gasteiger partial charge >= 0.3 is 0 Å². The first-order valence-corrected chi connectivity index (χ1v) is 11.4. The lowest BCUT2D eigenvalue weighted by Crippen LogP contribution is -2.36. The van der Waals surface area contributed by atoms with E-state index in [-0.39, 0.29) is 23.5 Å². The van der Waals surface area contributed by atoms with Gasteiger partial charge in [0.2, 0.25) is 5.91 Å². The molecule has 1 saturated carbocycles. The van der Waals surface area contributed by atoms with Crippen LogP contribution in [0.4, 0.5) is 11.4 Å². The van der Waals surface area contributed by atoms with Crippen LogP contribution in [-0.4, -0.2) is 28.0 Å². The number of thioether (sulfide) groups is 1. The van der Waals surface area contributed by atoms with E-state index in [2.05, 4.69) is 10.6 Å². The number of anilines is 1. The summed E-state index contributed by atoms with van der Waals surface area (Å²) in [7, 11) is 0. The van der Waals surface area contributed by atoms with Gasteiger partial charge in [0.25, 0.3) is 11.6 Å². The third-order valence-electron chi connectivity index (χ3n) is 5.15. The van der Waals surface area contributed by atoms with Gasteiger partial charge in [0.1, 0.15) is 0 Å². The van der Waals surface area contributed by atoms with Gasteiger partial charge in [-0.3, -0.25) is 19.7 Å². The normalized spacial score (nSPS) is 15.2. The number of carbonyl (C=O) groups is 2. The molecule has 1 aliphatic rings. The van der Waals surface area contributed by atoms with E-state index < -0.39 is 10.2 Å². The molecule has 164 valence electrons. The quantitative estimate of drug-likeness (QED) is 0.325. The molecule has 31 heavy (non-hydrogen) atoms.